The van der Waals surface area contributed by atoms with E-state index in [2.05, 4.69) is 10.3 Å². The summed E-state index contributed by atoms with van der Waals surface area (Å²) in [6, 6.07) is 9.32. The first kappa shape index (κ1) is 23.0. The van der Waals surface area contributed by atoms with E-state index in [9.17, 15) is 22.4 Å². The Hall–Kier alpha value is -3.20. The molecule has 1 aromatic heterocycles. The number of hydrogen-bond acceptors (Lipinski definition) is 3. The lowest BCUT2D eigenvalue weighted by atomic mass is 9.73. The molecule has 1 fully saturated rings. The smallest absolute Gasteiger partial charge is 0.381 e. The maximum absolute atomic E-state index is 14.6. The molecular weight excluding hydrogens is 438 g/mol. The number of amides is 1. The number of nitrogens with zero attached hydrogens (tertiary/aromatic N) is 2. The van der Waals surface area contributed by atoms with Crippen LogP contribution in [0, 0.1) is 12.7 Å². The van der Waals surface area contributed by atoms with Crippen molar-refractivity contribution in [3.8, 4) is 5.69 Å². The summed E-state index contributed by atoms with van der Waals surface area (Å²) in [6.45, 7) is 2.65. The molecule has 0 saturated carbocycles. The highest BCUT2D eigenvalue weighted by molar-refractivity contribution is 5.94. The number of hydrogen-bond donors (Lipinski definition) is 1. The number of rotatable bonds is 5. The second kappa shape index (κ2) is 8.97. The van der Waals surface area contributed by atoms with Crippen molar-refractivity contribution < 1.29 is 27.1 Å². The number of nitrogens with one attached hydrogen (secondary N) is 1. The Morgan fingerprint density at radius 2 is 1.94 bits per heavy atom. The third kappa shape index (κ3) is 4.93. The molecule has 1 aliphatic rings. The predicted molar refractivity (Wildman–Crippen MR) is 114 cm³/mol. The molecule has 0 unspecified atom stereocenters. The summed E-state index contributed by atoms with van der Waals surface area (Å²) >= 11 is 0. The van der Waals surface area contributed by atoms with Crippen molar-refractivity contribution in [3.05, 3.63) is 83.2 Å². The van der Waals surface area contributed by atoms with E-state index < -0.39 is 28.9 Å². The topological polar surface area (TPSA) is 56.2 Å². The minimum atomic E-state index is -4.46. The molecular formula is C24H23F4N3O2. The van der Waals surface area contributed by atoms with Crippen molar-refractivity contribution in [2.45, 2.75) is 31.4 Å². The predicted octanol–water partition coefficient (Wildman–Crippen LogP) is 4.82. The summed E-state index contributed by atoms with van der Waals surface area (Å²) in [7, 11) is 0. The molecule has 0 aliphatic carbocycles. The van der Waals surface area contributed by atoms with Gasteiger partial charge in [-0.25, -0.2) is 9.37 Å². The number of aromatic nitrogens is 2. The number of ether oxygens (including phenoxy) is 1. The number of halogens is 4. The van der Waals surface area contributed by atoms with Crippen LogP contribution >= 0.6 is 0 Å². The molecule has 0 spiro atoms. The molecule has 4 rings (SSSR count). The first-order valence-corrected chi connectivity index (χ1v) is 10.5. The zero-order valence-corrected chi connectivity index (χ0v) is 18.0. The third-order valence-corrected chi connectivity index (χ3v) is 6.04. The molecule has 1 amide bonds. The van der Waals surface area contributed by atoms with E-state index in [1.54, 1.807) is 19.2 Å². The maximum Gasteiger partial charge on any atom is 0.416 e. The first-order valence-electron chi connectivity index (χ1n) is 10.5. The molecule has 174 valence electrons. The summed E-state index contributed by atoms with van der Waals surface area (Å²) in [4.78, 5) is 16.8. The third-order valence-electron chi connectivity index (χ3n) is 6.04. The van der Waals surface area contributed by atoms with Gasteiger partial charge in [0, 0.05) is 36.9 Å². The second-order valence-electron chi connectivity index (χ2n) is 8.24. The first-order chi connectivity index (χ1) is 15.7. The van der Waals surface area contributed by atoms with Crippen LogP contribution in [0.15, 0.2) is 55.0 Å². The van der Waals surface area contributed by atoms with Gasteiger partial charge < -0.3 is 14.6 Å². The molecule has 0 radical (unpaired) electrons. The molecule has 0 atom stereocenters. The molecule has 5 nitrogen and oxygen atoms in total. The Labute approximate surface area is 188 Å². The molecule has 33 heavy (non-hydrogen) atoms. The van der Waals surface area contributed by atoms with Gasteiger partial charge in [0.05, 0.1) is 23.3 Å². The van der Waals surface area contributed by atoms with Gasteiger partial charge in [-0.1, -0.05) is 18.2 Å². The van der Waals surface area contributed by atoms with Crippen LogP contribution in [0.2, 0.25) is 0 Å². The van der Waals surface area contributed by atoms with E-state index in [1.165, 1.54) is 29.1 Å². The standard InChI is InChI=1S/C24H23F4N3O2/c1-16-13-31(15-30-16)21-6-5-17(11-20(21)25)22(32)29-14-23(7-9-33-10-8-23)18-3-2-4-19(12-18)24(26,27)28/h2-6,11-13,15H,7-10,14H2,1H3,(H,29,32). The van der Waals surface area contributed by atoms with Crippen LogP contribution in [0.25, 0.3) is 5.69 Å². The zero-order chi connectivity index (χ0) is 23.6. The summed E-state index contributed by atoms with van der Waals surface area (Å²) in [5, 5.41) is 2.80. The zero-order valence-electron chi connectivity index (χ0n) is 18.0. The average Bonchev–Trinajstić information content (AvgIpc) is 3.23. The number of alkyl halides is 3. The lowest BCUT2D eigenvalue weighted by molar-refractivity contribution is -0.137. The summed E-state index contributed by atoms with van der Waals surface area (Å²) < 4.78 is 61.3. The second-order valence-corrected chi connectivity index (χ2v) is 8.24. The van der Waals surface area contributed by atoms with Gasteiger partial charge in [-0.05, 0) is 49.6 Å². The fourth-order valence-electron chi connectivity index (χ4n) is 4.12. The van der Waals surface area contributed by atoms with Crippen molar-refractivity contribution in [2.24, 2.45) is 0 Å². The highest BCUT2D eigenvalue weighted by Crippen LogP contribution is 2.38. The quantitative estimate of drug-likeness (QED) is 0.555. The van der Waals surface area contributed by atoms with Gasteiger partial charge in [-0.15, -0.1) is 0 Å². The Balaban J connectivity index is 1.54. The maximum atomic E-state index is 14.6. The largest absolute Gasteiger partial charge is 0.416 e. The minimum absolute atomic E-state index is 0.112. The molecule has 0 bridgehead atoms. The Morgan fingerprint density at radius 3 is 2.58 bits per heavy atom. The fraction of sp³-hybridized carbons (Fsp3) is 0.333. The van der Waals surface area contributed by atoms with E-state index in [-0.39, 0.29) is 17.8 Å². The van der Waals surface area contributed by atoms with Gasteiger partial charge in [0.25, 0.3) is 5.91 Å². The summed E-state index contributed by atoms with van der Waals surface area (Å²) in [5.74, 6) is -1.08. The van der Waals surface area contributed by atoms with Crippen LogP contribution in [0.3, 0.4) is 0 Å². The van der Waals surface area contributed by atoms with Crippen molar-refractivity contribution in [1.29, 1.82) is 0 Å². The number of carbonyl (C=O) groups excluding carboxylic acids is 1. The van der Waals surface area contributed by atoms with Crippen molar-refractivity contribution in [3.63, 3.8) is 0 Å². The average molecular weight is 461 g/mol. The number of aryl methyl sites for hydroxylation is 1. The van der Waals surface area contributed by atoms with Crippen LogP contribution in [0.4, 0.5) is 17.6 Å². The Bertz CT molecular complexity index is 1150. The van der Waals surface area contributed by atoms with Crippen LogP contribution in [0.1, 0.15) is 40.0 Å². The van der Waals surface area contributed by atoms with Gasteiger partial charge in [0.2, 0.25) is 0 Å². The normalized spacial score (nSPS) is 15.9. The number of carbonyl (C=O) groups is 1. The number of imidazole rings is 1. The molecule has 2 aromatic carbocycles. The van der Waals surface area contributed by atoms with Crippen LogP contribution < -0.4 is 5.32 Å². The van der Waals surface area contributed by atoms with E-state index in [0.29, 0.717) is 31.6 Å². The van der Waals surface area contributed by atoms with Crippen molar-refractivity contribution in [2.75, 3.05) is 19.8 Å². The highest BCUT2D eigenvalue weighted by Gasteiger charge is 2.37. The molecule has 1 N–H and O–H groups in total. The van der Waals surface area contributed by atoms with Crippen LogP contribution in [-0.2, 0) is 16.3 Å². The number of benzene rings is 2. The van der Waals surface area contributed by atoms with Gasteiger partial charge in [-0.2, -0.15) is 13.2 Å². The highest BCUT2D eigenvalue weighted by atomic mass is 19.4. The van der Waals surface area contributed by atoms with Gasteiger partial charge >= 0.3 is 6.18 Å². The molecule has 2 heterocycles. The van der Waals surface area contributed by atoms with Gasteiger partial charge in [0.1, 0.15) is 5.82 Å². The lowest BCUT2D eigenvalue weighted by Crippen LogP contribution is -2.44. The van der Waals surface area contributed by atoms with E-state index in [0.717, 1.165) is 23.9 Å². The summed E-state index contributed by atoms with van der Waals surface area (Å²) in [5.41, 5.74) is 0.175. The lowest BCUT2D eigenvalue weighted by Gasteiger charge is -2.38. The van der Waals surface area contributed by atoms with Crippen molar-refractivity contribution in [1.82, 2.24) is 14.9 Å². The summed E-state index contributed by atoms with van der Waals surface area (Å²) in [6.07, 6.45) is -0.387. The van der Waals surface area contributed by atoms with E-state index in [4.69, 9.17) is 4.74 Å². The van der Waals surface area contributed by atoms with Crippen LogP contribution in [-0.4, -0.2) is 35.2 Å². The molecule has 3 aromatic rings. The Kier molecular flexibility index (Phi) is 6.25. The van der Waals surface area contributed by atoms with E-state index >= 15 is 0 Å². The van der Waals surface area contributed by atoms with Crippen LogP contribution in [0.5, 0.6) is 0 Å². The SMILES string of the molecule is Cc1cn(-c2ccc(C(=O)NCC3(c4cccc(C(F)(F)F)c4)CCOCC3)cc2F)cn1. The fourth-order valence-corrected chi connectivity index (χ4v) is 4.12. The Morgan fingerprint density at radius 1 is 1.18 bits per heavy atom. The molecule has 9 heteroatoms. The van der Waals surface area contributed by atoms with Crippen molar-refractivity contribution >= 4 is 5.91 Å². The van der Waals surface area contributed by atoms with E-state index in [1.807, 2.05) is 0 Å². The minimum Gasteiger partial charge on any atom is -0.381 e. The molecule has 1 saturated heterocycles. The van der Waals surface area contributed by atoms with Gasteiger partial charge in [-0.3, -0.25) is 4.79 Å². The monoisotopic (exact) mass is 461 g/mol. The van der Waals surface area contributed by atoms with Gasteiger partial charge in [0.15, 0.2) is 0 Å². The molecule has 1 aliphatic heterocycles.